The maximum absolute atomic E-state index is 12.0. The fraction of sp³-hybridized carbons (Fsp3) is 0.533. The molecule has 3 rings (SSSR count). The van der Waals surface area contributed by atoms with E-state index in [1.807, 2.05) is 13.8 Å². The van der Waals surface area contributed by atoms with Crippen LogP contribution in [0.1, 0.15) is 31.4 Å². The molecule has 0 unspecified atom stereocenters. The molecule has 102 valence electrons. The van der Waals surface area contributed by atoms with Gasteiger partial charge in [-0.15, -0.1) is 0 Å². The summed E-state index contributed by atoms with van der Waals surface area (Å²) >= 11 is 0. The average Bonchev–Trinajstić information content (AvgIpc) is 2.94. The lowest BCUT2D eigenvalue weighted by Gasteiger charge is -2.14. The first kappa shape index (κ1) is 12.3. The topological polar surface area (TPSA) is 47.6 Å². The van der Waals surface area contributed by atoms with Crippen molar-refractivity contribution in [1.82, 2.24) is 0 Å². The summed E-state index contributed by atoms with van der Waals surface area (Å²) in [6, 6.07) is 2.06. The lowest BCUT2D eigenvalue weighted by Crippen LogP contribution is -2.15. The van der Waals surface area contributed by atoms with E-state index in [9.17, 15) is 4.79 Å². The van der Waals surface area contributed by atoms with Crippen LogP contribution in [0.25, 0.3) is 0 Å². The van der Waals surface area contributed by atoms with Crippen LogP contribution in [-0.2, 0) is 17.6 Å². The molecule has 0 radical (unpaired) electrons. The number of rotatable bonds is 3. The quantitative estimate of drug-likeness (QED) is 0.909. The zero-order valence-electron chi connectivity index (χ0n) is 11.4. The first-order valence-corrected chi connectivity index (χ1v) is 6.89. The molecule has 0 fully saturated rings. The standard InChI is InChI=1S/C15H19NO3/c1-9(2)7-13(17)16-14-11-4-6-18-12(11)8-10-3-5-19-15(10)14/h8-9H,3-7H2,1-2H3,(H,16,17). The number of hydrogen-bond acceptors (Lipinski definition) is 3. The third-order valence-electron chi connectivity index (χ3n) is 3.51. The van der Waals surface area contributed by atoms with Gasteiger partial charge in [0.25, 0.3) is 0 Å². The van der Waals surface area contributed by atoms with Crippen molar-refractivity contribution in [1.29, 1.82) is 0 Å². The summed E-state index contributed by atoms with van der Waals surface area (Å²) in [7, 11) is 0. The summed E-state index contributed by atoms with van der Waals surface area (Å²) in [6.07, 6.45) is 2.25. The average molecular weight is 261 g/mol. The van der Waals surface area contributed by atoms with Crippen molar-refractivity contribution in [3.63, 3.8) is 0 Å². The third kappa shape index (κ3) is 2.27. The Balaban J connectivity index is 1.94. The fourth-order valence-corrected chi connectivity index (χ4v) is 2.68. The van der Waals surface area contributed by atoms with E-state index in [-0.39, 0.29) is 5.91 Å². The largest absolute Gasteiger partial charge is 0.493 e. The molecule has 4 nitrogen and oxygen atoms in total. The molecule has 0 saturated carbocycles. The van der Waals surface area contributed by atoms with Gasteiger partial charge >= 0.3 is 0 Å². The smallest absolute Gasteiger partial charge is 0.224 e. The van der Waals surface area contributed by atoms with E-state index in [1.165, 1.54) is 0 Å². The molecule has 1 amide bonds. The summed E-state index contributed by atoms with van der Waals surface area (Å²) < 4.78 is 11.3. The van der Waals surface area contributed by atoms with Crippen LogP contribution in [0, 0.1) is 5.92 Å². The van der Waals surface area contributed by atoms with Crippen molar-refractivity contribution >= 4 is 11.6 Å². The molecule has 0 aromatic heterocycles. The SMILES string of the molecule is CC(C)CC(=O)Nc1c2c(cc3c1OCC3)OCC2. The highest BCUT2D eigenvalue weighted by Gasteiger charge is 2.27. The Kier molecular flexibility index (Phi) is 3.09. The molecule has 1 aromatic carbocycles. The van der Waals surface area contributed by atoms with Crippen molar-refractivity contribution in [3.05, 3.63) is 17.2 Å². The van der Waals surface area contributed by atoms with Gasteiger partial charge in [0.15, 0.2) is 0 Å². The number of benzene rings is 1. The lowest BCUT2D eigenvalue weighted by atomic mass is 10.0. The second-order valence-electron chi connectivity index (χ2n) is 5.56. The van der Waals surface area contributed by atoms with Gasteiger partial charge in [-0.2, -0.15) is 0 Å². The van der Waals surface area contributed by atoms with Gasteiger partial charge in [0.1, 0.15) is 11.5 Å². The van der Waals surface area contributed by atoms with Crippen LogP contribution in [-0.4, -0.2) is 19.1 Å². The molecule has 4 heteroatoms. The lowest BCUT2D eigenvalue weighted by molar-refractivity contribution is -0.116. The minimum atomic E-state index is 0.0491. The predicted molar refractivity (Wildman–Crippen MR) is 72.9 cm³/mol. The molecule has 0 spiro atoms. The van der Waals surface area contributed by atoms with E-state index in [1.54, 1.807) is 0 Å². The second kappa shape index (κ2) is 4.76. The summed E-state index contributed by atoms with van der Waals surface area (Å²) in [5.74, 6) is 2.15. The Morgan fingerprint density at radius 2 is 2.11 bits per heavy atom. The molecular weight excluding hydrogens is 242 g/mol. The van der Waals surface area contributed by atoms with Gasteiger partial charge in [-0.1, -0.05) is 13.8 Å². The first-order chi connectivity index (χ1) is 9.15. The molecule has 1 N–H and O–H groups in total. The van der Waals surface area contributed by atoms with Gasteiger partial charge in [0.2, 0.25) is 5.91 Å². The molecule has 0 bridgehead atoms. The monoisotopic (exact) mass is 261 g/mol. The Labute approximate surface area is 113 Å². The number of hydrogen-bond donors (Lipinski definition) is 1. The minimum absolute atomic E-state index is 0.0491. The molecule has 1 aromatic rings. The molecule has 19 heavy (non-hydrogen) atoms. The molecule has 0 saturated heterocycles. The maximum atomic E-state index is 12.0. The molecule has 0 atom stereocenters. The molecule has 2 heterocycles. The van der Waals surface area contributed by atoms with Crippen LogP contribution in [0.4, 0.5) is 5.69 Å². The second-order valence-corrected chi connectivity index (χ2v) is 5.56. The van der Waals surface area contributed by atoms with Crippen molar-refractivity contribution in [2.75, 3.05) is 18.5 Å². The number of fused-ring (bicyclic) bond motifs is 2. The van der Waals surface area contributed by atoms with Gasteiger partial charge in [0.05, 0.1) is 18.9 Å². The van der Waals surface area contributed by atoms with Gasteiger partial charge < -0.3 is 14.8 Å². The van der Waals surface area contributed by atoms with Crippen LogP contribution in [0.2, 0.25) is 0 Å². The summed E-state index contributed by atoms with van der Waals surface area (Å²) in [5.41, 5.74) is 3.06. The number of ether oxygens (including phenoxy) is 2. The van der Waals surface area contributed by atoms with E-state index < -0.39 is 0 Å². The third-order valence-corrected chi connectivity index (χ3v) is 3.51. The number of amides is 1. The highest BCUT2D eigenvalue weighted by atomic mass is 16.5. The van der Waals surface area contributed by atoms with Crippen molar-refractivity contribution < 1.29 is 14.3 Å². The van der Waals surface area contributed by atoms with Crippen molar-refractivity contribution in [2.45, 2.75) is 33.1 Å². The molecule has 2 aliphatic heterocycles. The Hall–Kier alpha value is -1.71. The Morgan fingerprint density at radius 1 is 1.32 bits per heavy atom. The number of nitrogens with one attached hydrogen (secondary N) is 1. The normalized spacial score (nSPS) is 15.7. The van der Waals surface area contributed by atoms with Crippen LogP contribution in [0.5, 0.6) is 11.5 Å². The summed E-state index contributed by atoms with van der Waals surface area (Å²) in [4.78, 5) is 12.0. The first-order valence-electron chi connectivity index (χ1n) is 6.89. The van der Waals surface area contributed by atoms with E-state index >= 15 is 0 Å². The minimum Gasteiger partial charge on any atom is -0.493 e. The molecule has 2 aliphatic rings. The molecule has 0 aliphatic carbocycles. The number of carbonyl (C=O) groups is 1. The van der Waals surface area contributed by atoms with Gasteiger partial charge in [-0.3, -0.25) is 4.79 Å². The van der Waals surface area contributed by atoms with E-state index in [4.69, 9.17) is 9.47 Å². The van der Waals surface area contributed by atoms with Crippen LogP contribution in [0.15, 0.2) is 6.07 Å². The van der Waals surface area contributed by atoms with Crippen LogP contribution in [0.3, 0.4) is 0 Å². The number of anilines is 1. The predicted octanol–water partition coefficient (Wildman–Crippen LogP) is 2.54. The zero-order chi connectivity index (χ0) is 13.4. The van der Waals surface area contributed by atoms with Gasteiger partial charge in [0, 0.05) is 30.4 Å². The summed E-state index contributed by atoms with van der Waals surface area (Å²) in [6.45, 7) is 5.45. The van der Waals surface area contributed by atoms with E-state index in [0.29, 0.717) is 25.6 Å². The fourth-order valence-electron chi connectivity index (χ4n) is 2.68. The Morgan fingerprint density at radius 3 is 2.89 bits per heavy atom. The Bertz CT molecular complexity index is 490. The van der Waals surface area contributed by atoms with Gasteiger partial charge in [-0.05, 0) is 12.0 Å². The van der Waals surface area contributed by atoms with E-state index in [2.05, 4.69) is 11.4 Å². The zero-order valence-corrected chi connectivity index (χ0v) is 11.4. The number of carbonyl (C=O) groups excluding carboxylic acids is 1. The van der Waals surface area contributed by atoms with E-state index in [0.717, 1.165) is 41.2 Å². The van der Waals surface area contributed by atoms with Crippen LogP contribution < -0.4 is 14.8 Å². The van der Waals surface area contributed by atoms with Crippen molar-refractivity contribution in [2.24, 2.45) is 5.92 Å². The van der Waals surface area contributed by atoms with Crippen LogP contribution >= 0.6 is 0 Å². The highest BCUT2D eigenvalue weighted by molar-refractivity contribution is 5.94. The molecular formula is C15H19NO3. The maximum Gasteiger partial charge on any atom is 0.224 e. The highest BCUT2D eigenvalue weighted by Crippen LogP contribution is 2.44. The summed E-state index contributed by atoms with van der Waals surface area (Å²) in [5, 5.41) is 3.03. The van der Waals surface area contributed by atoms with Gasteiger partial charge in [-0.25, -0.2) is 0 Å². The van der Waals surface area contributed by atoms with Crippen molar-refractivity contribution in [3.8, 4) is 11.5 Å².